The van der Waals surface area contributed by atoms with Crippen LogP contribution in [0.2, 0.25) is 0 Å². The van der Waals surface area contributed by atoms with Crippen LogP contribution in [0.1, 0.15) is 31.1 Å². The van der Waals surface area contributed by atoms with Crippen LogP contribution in [0.15, 0.2) is 53.7 Å². The number of rotatable bonds is 7. The number of hydrogen-bond donors (Lipinski definition) is 1. The maximum Gasteiger partial charge on any atom is 0.220 e. The minimum Gasteiger partial charge on any atom is -0.354 e. The molecule has 0 aliphatic carbocycles. The summed E-state index contributed by atoms with van der Waals surface area (Å²) in [6.45, 7) is 3.75. The Morgan fingerprint density at radius 1 is 1.20 bits per heavy atom. The van der Waals surface area contributed by atoms with Crippen LogP contribution in [-0.2, 0) is 14.6 Å². The van der Waals surface area contributed by atoms with Gasteiger partial charge in [0.05, 0.1) is 4.90 Å². The van der Waals surface area contributed by atoms with Crippen LogP contribution in [0.25, 0.3) is 0 Å². The van der Waals surface area contributed by atoms with Gasteiger partial charge in [-0.1, -0.05) is 19.9 Å². The molecule has 0 spiro atoms. The predicted octanol–water partition coefficient (Wildman–Crippen LogP) is 2.90. The molecule has 0 fully saturated rings. The standard InChI is InChI=1S/C18H21FN2O3S/c1-13(2)10-18(22)21-12-17(14-4-3-9-20-11-14)25(23,24)16-7-5-15(19)6-8-16/h3-9,11,13,17H,10,12H2,1-2H3,(H,21,22)/t17-/m0/s1. The molecule has 0 bridgehead atoms. The van der Waals surface area contributed by atoms with Gasteiger partial charge >= 0.3 is 0 Å². The van der Waals surface area contributed by atoms with E-state index < -0.39 is 20.9 Å². The van der Waals surface area contributed by atoms with E-state index in [1.807, 2.05) is 13.8 Å². The van der Waals surface area contributed by atoms with E-state index in [4.69, 9.17) is 0 Å². The molecule has 134 valence electrons. The summed E-state index contributed by atoms with van der Waals surface area (Å²) in [4.78, 5) is 15.9. The van der Waals surface area contributed by atoms with Gasteiger partial charge < -0.3 is 5.32 Å². The van der Waals surface area contributed by atoms with Gasteiger partial charge in [0, 0.05) is 25.4 Å². The Hall–Kier alpha value is -2.28. The molecule has 0 aliphatic rings. The van der Waals surface area contributed by atoms with Crippen molar-refractivity contribution in [2.45, 2.75) is 30.4 Å². The minimum absolute atomic E-state index is 0.000798. The number of carbonyl (C=O) groups is 1. The maximum atomic E-state index is 13.1. The lowest BCUT2D eigenvalue weighted by Gasteiger charge is -2.19. The van der Waals surface area contributed by atoms with Gasteiger partial charge in [0.25, 0.3) is 0 Å². The topological polar surface area (TPSA) is 76.1 Å². The molecule has 0 saturated heterocycles. The van der Waals surface area contributed by atoms with Crippen molar-refractivity contribution in [2.75, 3.05) is 6.54 Å². The van der Waals surface area contributed by atoms with Crippen LogP contribution < -0.4 is 5.32 Å². The molecular weight excluding hydrogens is 343 g/mol. The molecule has 1 N–H and O–H groups in total. The van der Waals surface area contributed by atoms with Crippen molar-refractivity contribution in [3.8, 4) is 0 Å². The number of benzene rings is 1. The van der Waals surface area contributed by atoms with Gasteiger partial charge in [-0.3, -0.25) is 9.78 Å². The lowest BCUT2D eigenvalue weighted by Crippen LogP contribution is -2.32. The van der Waals surface area contributed by atoms with Gasteiger partial charge in [-0.2, -0.15) is 0 Å². The highest BCUT2D eigenvalue weighted by atomic mass is 32.2. The second kappa shape index (κ2) is 8.20. The number of carbonyl (C=O) groups excluding carboxylic acids is 1. The highest BCUT2D eigenvalue weighted by molar-refractivity contribution is 7.91. The van der Waals surface area contributed by atoms with E-state index in [2.05, 4.69) is 10.3 Å². The van der Waals surface area contributed by atoms with E-state index in [1.165, 1.54) is 18.3 Å². The Morgan fingerprint density at radius 3 is 2.44 bits per heavy atom. The molecule has 25 heavy (non-hydrogen) atoms. The first-order valence-corrected chi connectivity index (χ1v) is 9.51. The maximum absolute atomic E-state index is 13.1. The van der Waals surface area contributed by atoms with Crippen molar-refractivity contribution in [3.63, 3.8) is 0 Å². The van der Waals surface area contributed by atoms with Crippen LogP contribution in [0.4, 0.5) is 4.39 Å². The summed E-state index contributed by atoms with van der Waals surface area (Å²) in [5, 5.41) is 1.68. The average Bonchev–Trinajstić information content (AvgIpc) is 2.55. The van der Waals surface area contributed by atoms with Crippen molar-refractivity contribution >= 4 is 15.7 Å². The van der Waals surface area contributed by atoms with Crippen LogP contribution in [0.3, 0.4) is 0 Å². The molecule has 2 aromatic rings. The summed E-state index contributed by atoms with van der Waals surface area (Å²) in [6.07, 6.45) is 3.32. The van der Waals surface area contributed by atoms with Crippen molar-refractivity contribution in [1.29, 1.82) is 0 Å². The second-order valence-corrected chi connectivity index (χ2v) is 8.31. The summed E-state index contributed by atoms with van der Waals surface area (Å²) in [5.74, 6) is -0.550. The Bertz CT molecular complexity index is 806. The van der Waals surface area contributed by atoms with Gasteiger partial charge in [0.15, 0.2) is 9.84 Å². The van der Waals surface area contributed by atoms with Crippen molar-refractivity contribution < 1.29 is 17.6 Å². The summed E-state index contributed by atoms with van der Waals surface area (Å²) < 4.78 is 39.1. The average molecular weight is 364 g/mol. The molecule has 1 heterocycles. The van der Waals surface area contributed by atoms with E-state index in [9.17, 15) is 17.6 Å². The number of halogens is 1. The van der Waals surface area contributed by atoms with E-state index in [-0.39, 0.29) is 23.3 Å². The van der Waals surface area contributed by atoms with Gasteiger partial charge in [0.2, 0.25) is 5.91 Å². The molecule has 1 aromatic heterocycles. The molecule has 0 saturated carbocycles. The van der Waals surface area contributed by atoms with E-state index >= 15 is 0 Å². The van der Waals surface area contributed by atoms with Crippen molar-refractivity contribution in [1.82, 2.24) is 10.3 Å². The van der Waals surface area contributed by atoms with E-state index in [0.29, 0.717) is 12.0 Å². The zero-order chi connectivity index (χ0) is 18.4. The summed E-state index contributed by atoms with van der Waals surface area (Å²) in [6, 6.07) is 7.94. The first-order chi connectivity index (χ1) is 11.8. The highest BCUT2D eigenvalue weighted by Gasteiger charge is 2.30. The highest BCUT2D eigenvalue weighted by Crippen LogP contribution is 2.28. The van der Waals surface area contributed by atoms with Gasteiger partial charge in [-0.15, -0.1) is 0 Å². The summed E-state index contributed by atoms with van der Waals surface area (Å²) in [7, 11) is -3.82. The number of amides is 1. The molecule has 7 heteroatoms. The van der Waals surface area contributed by atoms with E-state index in [0.717, 1.165) is 12.1 Å². The first-order valence-electron chi connectivity index (χ1n) is 7.97. The first kappa shape index (κ1) is 19.1. The van der Waals surface area contributed by atoms with Crippen molar-refractivity contribution in [2.24, 2.45) is 5.92 Å². The smallest absolute Gasteiger partial charge is 0.220 e. The summed E-state index contributed by atoms with van der Waals surface area (Å²) in [5.41, 5.74) is 0.469. The third-order valence-electron chi connectivity index (χ3n) is 3.65. The minimum atomic E-state index is -3.82. The number of pyridine rings is 1. The van der Waals surface area contributed by atoms with E-state index in [1.54, 1.807) is 18.3 Å². The second-order valence-electron chi connectivity index (χ2n) is 6.18. The molecule has 0 unspecified atom stereocenters. The molecule has 1 amide bonds. The SMILES string of the molecule is CC(C)CC(=O)NC[C@@H](c1cccnc1)S(=O)(=O)c1ccc(F)cc1. The predicted molar refractivity (Wildman–Crippen MR) is 93.0 cm³/mol. The van der Waals surface area contributed by atoms with Crippen LogP contribution in [0.5, 0.6) is 0 Å². The Morgan fingerprint density at radius 2 is 1.88 bits per heavy atom. The quantitative estimate of drug-likeness (QED) is 0.767. The van der Waals surface area contributed by atoms with Gasteiger partial charge in [-0.05, 0) is 41.8 Å². The number of sulfone groups is 1. The zero-order valence-electron chi connectivity index (χ0n) is 14.1. The van der Waals surface area contributed by atoms with Crippen molar-refractivity contribution in [3.05, 3.63) is 60.2 Å². The molecule has 2 rings (SSSR count). The number of nitrogens with one attached hydrogen (secondary N) is 1. The fraction of sp³-hybridized carbons (Fsp3) is 0.333. The van der Waals surface area contributed by atoms with Crippen LogP contribution >= 0.6 is 0 Å². The van der Waals surface area contributed by atoms with Crippen LogP contribution in [0, 0.1) is 11.7 Å². The number of aromatic nitrogens is 1. The van der Waals surface area contributed by atoms with Crippen LogP contribution in [-0.4, -0.2) is 25.9 Å². The molecule has 1 atom stereocenters. The normalized spacial score (nSPS) is 12.8. The third-order valence-corrected chi connectivity index (χ3v) is 5.77. The molecule has 0 radical (unpaired) electrons. The Labute approximate surface area is 147 Å². The summed E-state index contributed by atoms with van der Waals surface area (Å²) >= 11 is 0. The zero-order valence-corrected chi connectivity index (χ0v) is 15.0. The molecule has 1 aromatic carbocycles. The Kier molecular flexibility index (Phi) is 6.25. The van der Waals surface area contributed by atoms with Gasteiger partial charge in [-0.25, -0.2) is 12.8 Å². The molecular formula is C18H21FN2O3S. The fourth-order valence-corrected chi connectivity index (χ4v) is 4.06. The monoisotopic (exact) mass is 364 g/mol. The molecule has 0 aliphatic heterocycles. The molecule has 5 nitrogen and oxygen atoms in total. The lowest BCUT2D eigenvalue weighted by atomic mass is 10.1. The Balaban J connectivity index is 2.31. The largest absolute Gasteiger partial charge is 0.354 e. The number of nitrogens with zero attached hydrogens (tertiary/aromatic N) is 1. The fourth-order valence-electron chi connectivity index (χ4n) is 2.41. The number of hydrogen-bond acceptors (Lipinski definition) is 4. The van der Waals surface area contributed by atoms with Gasteiger partial charge in [0.1, 0.15) is 11.1 Å². The lowest BCUT2D eigenvalue weighted by molar-refractivity contribution is -0.121. The third kappa shape index (κ3) is 5.09.